The van der Waals surface area contributed by atoms with Crippen LogP contribution in [0.15, 0.2) is 28.2 Å². The van der Waals surface area contributed by atoms with Crippen LogP contribution in [0.5, 0.6) is 0 Å². The molecule has 3 N–H and O–H groups in total. The molecule has 2 aromatic rings. The zero-order valence-electron chi connectivity index (χ0n) is 11.7. The van der Waals surface area contributed by atoms with Crippen LogP contribution in [0, 0.1) is 0 Å². The average Bonchev–Trinajstić information content (AvgIpc) is 2.49. The molecule has 0 unspecified atom stereocenters. The van der Waals surface area contributed by atoms with Gasteiger partial charge in [0.25, 0.3) is 5.56 Å². The monoisotopic (exact) mass is 374 g/mol. The van der Waals surface area contributed by atoms with Crippen molar-refractivity contribution in [2.45, 2.75) is 23.8 Å². The summed E-state index contributed by atoms with van der Waals surface area (Å²) in [6, 6.07) is 5.10. The molecule has 10 heteroatoms. The van der Waals surface area contributed by atoms with Crippen LogP contribution in [0.4, 0.5) is 0 Å². The highest BCUT2D eigenvalue weighted by molar-refractivity contribution is 7.98. The van der Waals surface area contributed by atoms with Crippen molar-refractivity contribution in [1.29, 1.82) is 0 Å². The number of nitrogens with zero attached hydrogens (tertiary/aromatic N) is 3. The molecule has 0 aliphatic heterocycles. The Kier molecular flexibility index (Phi) is 5.86. The maximum atomic E-state index is 12.0. The van der Waals surface area contributed by atoms with Crippen LogP contribution in [0.3, 0.4) is 0 Å². The van der Waals surface area contributed by atoms with E-state index in [1.54, 1.807) is 18.2 Å². The van der Waals surface area contributed by atoms with Gasteiger partial charge in [0.1, 0.15) is 5.69 Å². The third-order valence-electron chi connectivity index (χ3n) is 2.88. The Balaban J connectivity index is 2.13. The van der Waals surface area contributed by atoms with Crippen LogP contribution in [0.2, 0.25) is 10.0 Å². The summed E-state index contributed by atoms with van der Waals surface area (Å²) in [5, 5.41) is 17.5. The first-order valence-corrected chi connectivity index (χ1v) is 8.15. The number of aliphatic carboxylic acids is 1. The van der Waals surface area contributed by atoms with E-state index in [0.717, 1.165) is 10.2 Å². The quantitative estimate of drug-likeness (QED) is 0.587. The average molecular weight is 375 g/mol. The lowest BCUT2D eigenvalue weighted by Gasteiger charge is -2.08. The van der Waals surface area contributed by atoms with Gasteiger partial charge in [0.2, 0.25) is 5.16 Å². The SMILES string of the molecule is Nn1c(SCc2ccc(Cl)cc2Cl)nnc(CCC(=O)O)c1=O. The summed E-state index contributed by atoms with van der Waals surface area (Å²) in [6.45, 7) is 0. The first kappa shape index (κ1) is 17.6. The molecular weight excluding hydrogens is 363 g/mol. The minimum Gasteiger partial charge on any atom is -0.481 e. The third-order valence-corrected chi connectivity index (χ3v) is 4.45. The number of aromatic nitrogens is 3. The fraction of sp³-hybridized carbons (Fsp3) is 0.231. The Morgan fingerprint density at radius 2 is 2.09 bits per heavy atom. The Bertz CT molecular complexity index is 797. The normalized spacial score (nSPS) is 10.7. The molecule has 122 valence electrons. The number of benzene rings is 1. The molecule has 0 aliphatic rings. The summed E-state index contributed by atoms with van der Waals surface area (Å²) >= 11 is 13.1. The van der Waals surface area contributed by atoms with Gasteiger partial charge in [0.15, 0.2) is 0 Å². The molecule has 1 heterocycles. The van der Waals surface area contributed by atoms with E-state index >= 15 is 0 Å². The minimum atomic E-state index is -1.02. The molecule has 0 aliphatic carbocycles. The van der Waals surface area contributed by atoms with E-state index in [9.17, 15) is 9.59 Å². The lowest BCUT2D eigenvalue weighted by molar-refractivity contribution is -0.136. The van der Waals surface area contributed by atoms with Gasteiger partial charge in [-0.3, -0.25) is 9.59 Å². The van der Waals surface area contributed by atoms with Crippen LogP contribution in [-0.2, 0) is 17.0 Å². The van der Waals surface area contributed by atoms with Crippen molar-refractivity contribution in [2.75, 3.05) is 5.84 Å². The van der Waals surface area contributed by atoms with Gasteiger partial charge in [0, 0.05) is 22.2 Å². The van der Waals surface area contributed by atoms with Crippen LogP contribution in [-0.4, -0.2) is 25.9 Å². The highest BCUT2D eigenvalue weighted by Crippen LogP contribution is 2.26. The molecular formula is C13H12Cl2N4O3S. The smallest absolute Gasteiger partial charge is 0.303 e. The first-order chi connectivity index (χ1) is 10.9. The lowest BCUT2D eigenvalue weighted by Crippen LogP contribution is -2.33. The van der Waals surface area contributed by atoms with E-state index in [1.807, 2.05) is 0 Å². The number of rotatable bonds is 6. The number of carbonyl (C=O) groups is 1. The minimum absolute atomic E-state index is 0.0174. The molecule has 0 amide bonds. The molecule has 0 spiro atoms. The zero-order chi connectivity index (χ0) is 17.0. The van der Waals surface area contributed by atoms with Gasteiger partial charge >= 0.3 is 5.97 Å². The van der Waals surface area contributed by atoms with Gasteiger partial charge in [-0.15, -0.1) is 10.2 Å². The fourth-order valence-corrected chi connectivity index (χ4v) is 3.09. The summed E-state index contributed by atoms with van der Waals surface area (Å²) in [6.07, 6.45) is -0.233. The number of aryl methyl sites for hydroxylation is 1. The number of carboxylic acids is 1. The number of halogens is 2. The molecule has 23 heavy (non-hydrogen) atoms. The van der Waals surface area contributed by atoms with Gasteiger partial charge in [-0.2, -0.15) is 4.68 Å². The first-order valence-electron chi connectivity index (χ1n) is 6.40. The maximum absolute atomic E-state index is 12.0. The molecule has 0 saturated carbocycles. The molecule has 1 aromatic carbocycles. The molecule has 0 radical (unpaired) electrons. The number of hydrogen-bond acceptors (Lipinski definition) is 6. The highest BCUT2D eigenvalue weighted by atomic mass is 35.5. The van der Waals surface area contributed by atoms with E-state index in [1.165, 1.54) is 11.8 Å². The second-order valence-corrected chi connectivity index (χ2v) is 6.31. The number of carboxylic acid groups (broad SMARTS) is 1. The summed E-state index contributed by atoms with van der Waals surface area (Å²) < 4.78 is 0.860. The maximum Gasteiger partial charge on any atom is 0.303 e. The number of hydrogen-bond donors (Lipinski definition) is 2. The van der Waals surface area contributed by atoms with Gasteiger partial charge in [-0.25, -0.2) is 0 Å². The van der Waals surface area contributed by atoms with Crippen molar-refractivity contribution in [3.63, 3.8) is 0 Å². The standard InChI is InChI=1S/C13H12Cl2N4O3S/c14-8-2-1-7(9(15)5-8)6-23-13-18-17-10(3-4-11(20)21)12(22)19(13)16/h1-2,5H,3-4,6,16H2,(H,20,21). The topological polar surface area (TPSA) is 111 Å². The number of nitrogens with two attached hydrogens (primary N) is 1. The summed E-state index contributed by atoms with van der Waals surface area (Å²) in [5.74, 6) is 5.10. The van der Waals surface area contributed by atoms with Crippen LogP contribution < -0.4 is 11.4 Å². The van der Waals surface area contributed by atoms with Crippen molar-refractivity contribution in [2.24, 2.45) is 0 Å². The van der Waals surface area contributed by atoms with E-state index < -0.39 is 11.5 Å². The predicted octanol–water partition coefficient (Wildman–Crippen LogP) is 1.97. The highest BCUT2D eigenvalue weighted by Gasteiger charge is 2.13. The lowest BCUT2D eigenvalue weighted by atomic mass is 10.2. The van der Waals surface area contributed by atoms with Crippen LogP contribution in [0.1, 0.15) is 17.7 Å². The van der Waals surface area contributed by atoms with Crippen LogP contribution >= 0.6 is 35.0 Å². The van der Waals surface area contributed by atoms with Crippen molar-refractivity contribution in [1.82, 2.24) is 14.9 Å². The fourth-order valence-electron chi connectivity index (χ4n) is 1.68. The Labute approximate surface area is 145 Å². The van der Waals surface area contributed by atoms with E-state index in [2.05, 4.69) is 10.2 Å². The molecule has 2 rings (SSSR count). The molecule has 0 fully saturated rings. The van der Waals surface area contributed by atoms with Crippen molar-refractivity contribution >= 4 is 40.9 Å². The van der Waals surface area contributed by atoms with E-state index in [4.69, 9.17) is 34.2 Å². The molecule has 0 saturated heterocycles. The van der Waals surface area contributed by atoms with Gasteiger partial charge in [0.05, 0.1) is 6.42 Å². The van der Waals surface area contributed by atoms with Gasteiger partial charge in [-0.05, 0) is 17.7 Å². The second-order valence-electron chi connectivity index (χ2n) is 4.52. The second kappa shape index (κ2) is 7.67. The van der Waals surface area contributed by atoms with Crippen molar-refractivity contribution < 1.29 is 9.90 Å². The van der Waals surface area contributed by atoms with E-state index in [0.29, 0.717) is 15.8 Å². The number of nitrogen functional groups attached to an aromatic ring is 1. The predicted molar refractivity (Wildman–Crippen MR) is 88.4 cm³/mol. The summed E-state index contributed by atoms with van der Waals surface area (Å²) in [7, 11) is 0. The largest absolute Gasteiger partial charge is 0.481 e. The molecule has 7 nitrogen and oxygen atoms in total. The summed E-state index contributed by atoms with van der Waals surface area (Å²) in [5.41, 5.74) is 0.264. The third kappa shape index (κ3) is 4.60. The van der Waals surface area contributed by atoms with Gasteiger partial charge < -0.3 is 10.9 Å². The van der Waals surface area contributed by atoms with Crippen molar-refractivity contribution in [3.8, 4) is 0 Å². The van der Waals surface area contributed by atoms with Crippen molar-refractivity contribution in [3.05, 3.63) is 49.9 Å². The Hall–Kier alpha value is -1.77. The zero-order valence-corrected chi connectivity index (χ0v) is 14.0. The summed E-state index contributed by atoms with van der Waals surface area (Å²) in [4.78, 5) is 22.5. The van der Waals surface area contributed by atoms with E-state index in [-0.39, 0.29) is 23.7 Å². The molecule has 1 aromatic heterocycles. The van der Waals surface area contributed by atoms with Crippen LogP contribution in [0.25, 0.3) is 0 Å². The van der Waals surface area contributed by atoms with Gasteiger partial charge in [-0.1, -0.05) is 41.0 Å². The molecule has 0 atom stereocenters. The number of thioether (sulfide) groups is 1. The molecule has 0 bridgehead atoms. The Morgan fingerprint density at radius 3 is 2.74 bits per heavy atom. The Morgan fingerprint density at radius 1 is 1.35 bits per heavy atom.